The van der Waals surface area contributed by atoms with Crippen LogP contribution in [-0.4, -0.2) is 94.5 Å². The second kappa shape index (κ2) is 20.2. The highest BCUT2D eigenvalue weighted by Crippen LogP contribution is 2.45. The van der Waals surface area contributed by atoms with Crippen LogP contribution < -0.4 is 9.47 Å². The molecule has 2 fully saturated rings. The molecule has 0 N–H and O–H groups in total. The fraction of sp³-hybridized carbons (Fsp3) is 0.305. The van der Waals surface area contributed by atoms with Gasteiger partial charge in [0.05, 0.1) is 39.6 Å². The Hall–Kier alpha value is -6.09. The molecular formula is C59H60N2O5. The Morgan fingerprint density at radius 1 is 0.515 bits per heavy atom. The summed E-state index contributed by atoms with van der Waals surface area (Å²) in [6, 6.07) is 42.4. The zero-order chi connectivity index (χ0) is 44.8. The summed E-state index contributed by atoms with van der Waals surface area (Å²) in [4.78, 5) is 21.1. The van der Waals surface area contributed by atoms with Gasteiger partial charge in [-0.05, 0) is 142 Å². The number of hydrogen-bond acceptors (Lipinski definition) is 7. The van der Waals surface area contributed by atoms with E-state index in [2.05, 4.69) is 131 Å². The van der Waals surface area contributed by atoms with E-state index in [1.165, 1.54) is 25.7 Å². The summed E-state index contributed by atoms with van der Waals surface area (Å²) in [6.45, 7) is 7.59. The van der Waals surface area contributed by atoms with Crippen LogP contribution in [0.3, 0.4) is 0 Å². The van der Waals surface area contributed by atoms with Gasteiger partial charge < -0.3 is 28.7 Å². The van der Waals surface area contributed by atoms with Gasteiger partial charge in [-0.3, -0.25) is 4.79 Å². The lowest BCUT2D eigenvalue weighted by Gasteiger charge is -2.29. The van der Waals surface area contributed by atoms with E-state index < -0.39 is 0 Å². The van der Waals surface area contributed by atoms with E-state index in [0.29, 0.717) is 37.2 Å². The molecule has 7 nitrogen and oxygen atoms in total. The van der Waals surface area contributed by atoms with Crippen molar-refractivity contribution in [3.8, 4) is 33.8 Å². The SMILES string of the molecule is COc1ccc(-c2ccc3ccccc3c2C2=C(C(=O)C3=C(c4c(-c5ccc(OC)cc5)ccc5ccccc45)CC(OCCN4CCCC4)C=C3)C=CC(OCCN3CCCC3)C2)cc1. The van der Waals surface area contributed by atoms with Crippen molar-refractivity contribution in [2.24, 2.45) is 0 Å². The molecule has 2 heterocycles. The molecule has 2 saturated heterocycles. The van der Waals surface area contributed by atoms with Crippen molar-refractivity contribution in [3.63, 3.8) is 0 Å². The number of methoxy groups -OCH3 is 2. The summed E-state index contributed by atoms with van der Waals surface area (Å²) in [7, 11) is 3.39. The summed E-state index contributed by atoms with van der Waals surface area (Å²) < 4.78 is 24.6. The highest BCUT2D eigenvalue weighted by Gasteiger charge is 2.32. The normalized spacial score (nSPS) is 19.1. The van der Waals surface area contributed by atoms with Crippen molar-refractivity contribution in [2.75, 3.05) is 66.7 Å². The predicted molar refractivity (Wildman–Crippen MR) is 269 cm³/mol. The van der Waals surface area contributed by atoms with Crippen molar-refractivity contribution < 1.29 is 23.7 Å². The summed E-state index contributed by atoms with van der Waals surface area (Å²) in [5, 5.41) is 4.45. The number of rotatable bonds is 16. The topological polar surface area (TPSA) is 60.5 Å². The lowest BCUT2D eigenvalue weighted by atomic mass is 9.78. The Kier molecular flexibility index (Phi) is 13.4. The first-order chi connectivity index (χ1) is 32.5. The third-order valence-electron chi connectivity index (χ3n) is 14.0. The van der Waals surface area contributed by atoms with Crippen LogP contribution in [-0.2, 0) is 14.3 Å². The van der Waals surface area contributed by atoms with Gasteiger partial charge in [0.2, 0.25) is 0 Å². The quantitative estimate of drug-likeness (QED) is 0.0960. The van der Waals surface area contributed by atoms with Crippen LogP contribution in [0.1, 0.15) is 49.7 Å². The highest BCUT2D eigenvalue weighted by atomic mass is 16.5. The Labute approximate surface area is 389 Å². The summed E-state index contributed by atoms with van der Waals surface area (Å²) in [5.41, 5.74) is 9.75. The molecule has 2 atom stereocenters. The first-order valence-corrected chi connectivity index (χ1v) is 23.9. The van der Waals surface area contributed by atoms with E-state index in [1.54, 1.807) is 14.2 Å². The molecule has 0 bridgehead atoms. The molecule has 2 aliphatic heterocycles. The Morgan fingerprint density at radius 3 is 1.33 bits per heavy atom. The number of carbonyl (C=O) groups excluding carboxylic acids is 1. The van der Waals surface area contributed by atoms with Crippen molar-refractivity contribution in [1.82, 2.24) is 9.80 Å². The fourth-order valence-electron chi connectivity index (χ4n) is 10.5. The van der Waals surface area contributed by atoms with E-state index >= 15 is 4.79 Å². The van der Waals surface area contributed by atoms with Gasteiger partial charge in [-0.25, -0.2) is 0 Å². The minimum absolute atomic E-state index is 0.000707. The van der Waals surface area contributed by atoms with Gasteiger partial charge in [-0.15, -0.1) is 0 Å². The first-order valence-electron chi connectivity index (χ1n) is 23.9. The fourth-order valence-corrected chi connectivity index (χ4v) is 10.5. The highest BCUT2D eigenvalue weighted by molar-refractivity contribution is 6.23. The number of Topliss-reactive ketones (excluding diaryl/α,β-unsaturated/α-hetero) is 1. The van der Waals surface area contributed by atoms with Crippen molar-refractivity contribution >= 4 is 38.5 Å². The van der Waals surface area contributed by atoms with Crippen LogP contribution in [0, 0.1) is 0 Å². The molecule has 2 unspecified atom stereocenters. The van der Waals surface area contributed by atoms with Crippen LogP contribution in [0.5, 0.6) is 11.5 Å². The minimum atomic E-state index is -0.190. The number of allylic oxidation sites excluding steroid dienone is 4. The Morgan fingerprint density at radius 2 is 0.924 bits per heavy atom. The molecule has 66 heavy (non-hydrogen) atoms. The zero-order valence-corrected chi connectivity index (χ0v) is 38.3. The molecule has 2 aliphatic carbocycles. The van der Waals surface area contributed by atoms with E-state index in [0.717, 1.165) is 117 Å². The minimum Gasteiger partial charge on any atom is -0.497 e. The maximum absolute atomic E-state index is 16.1. The molecule has 4 aliphatic rings. The van der Waals surface area contributed by atoms with E-state index in [-0.39, 0.29) is 18.0 Å². The standard InChI is InChI=1S/C59H60N2O5/c1-63-45-21-15-43(16-22-45)51-27-19-41-11-3-5-13-49(41)57(51)55-39-47(65-37-35-60-31-7-8-32-60)25-29-53(55)59(62)54-30-26-48(66-38-36-61-33-9-10-34-61)40-56(54)58-50-14-6-4-12-42(50)20-28-52(58)44-17-23-46(64-2)24-18-44/h3-6,11-30,47-48H,7-10,31-40H2,1-2H3. The van der Waals surface area contributed by atoms with Gasteiger partial charge in [0, 0.05) is 37.1 Å². The number of hydrogen-bond donors (Lipinski definition) is 0. The van der Waals surface area contributed by atoms with Crippen molar-refractivity contribution in [2.45, 2.75) is 50.7 Å². The largest absolute Gasteiger partial charge is 0.497 e. The smallest absolute Gasteiger partial charge is 0.193 e. The van der Waals surface area contributed by atoms with Gasteiger partial charge in [0.25, 0.3) is 0 Å². The maximum Gasteiger partial charge on any atom is 0.193 e. The molecule has 336 valence electrons. The third-order valence-corrected chi connectivity index (χ3v) is 14.0. The van der Waals surface area contributed by atoms with E-state index in [1.807, 2.05) is 24.3 Å². The summed E-state index contributed by atoms with van der Waals surface area (Å²) in [6.07, 6.45) is 14.1. The zero-order valence-electron chi connectivity index (χ0n) is 38.3. The molecule has 0 aromatic heterocycles. The van der Waals surface area contributed by atoms with Gasteiger partial charge in [-0.2, -0.15) is 0 Å². The Balaban J connectivity index is 1.14. The van der Waals surface area contributed by atoms with Crippen LogP contribution >= 0.6 is 0 Å². The van der Waals surface area contributed by atoms with Crippen LogP contribution in [0.4, 0.5) is 0 Å². The van der Waals surface area contributed by atoms with Crippen molar-refractivity contribution in [3.05, 3.63) is 168 Å². The lowest BCUT2D eigenvalue weighted by Crippen LogP contribution is -2.27. The van der Waals surface area contributed by atoms with E-state index in [9.17, 15) is 0 Å². The predicted octanol–water partition coefficient (Wildman–Crippen LogP) is 12.0. The summed E-state index contributed by atoms with van der Waals surface area (Å²) in [5.74, 6) is 1.60. The number of likely N-dealkylation sites (tertiary alicyclic amines) is 2. The van der Waals surface area contributed by atoms with E-state index in [4.69, 9.17) is 18.9 Å². The van der Waals surface area contributed by atoms with Gasteiger partial charge in [-0.1, -0.05) is 121 Å². The number of fused-ring (bicyclic) bond motifs is 2. The maximum atomic E-state index is 16.1. The lowest BCUT2D eigenvalue weighted by molar-refractivity contribution is -0.111. The van der Waals surface area contributed by atoms with Gasteiger partial charge >= 0.3 is 0 Å². The molecule has 6 aromatic rings. The molecule has 0 radical (unpaired) electrons. The number of ether oxygens (including phenoxy) is 4. The van der Waals surface area contributed by atoms with Crippen LogP contribution in [0.25, 0.3) is 54.9 Å². The number of nitrogens with zero attached hydrogens (tertiary/aromatic N) is 2. The van der Waals surface area contributed by atoms with Gasteiger partial charge in [0.15, 0.2) is 5.78 Å². The van der Waals surface area contributed by atoms with Crippen LogP contribution in [0.15, 0.2) is 157 Å². The summed E-state index contributed by atoms with van der Waals surface area (Å²) >= 11 is 0. The second-order valence-corrected chi connectivity index (χ2v) is 18.0. The molecule has 0 saturated carbocycles. The third kappa shape index (κ3) is 9.31. The molecule has 10 rings (SSSR count). The van der Waals surface area contributed by atoms with Crippen LogP contribution in [0.2, 0.25) is 0 Å². The number of ketones is 1. The molecule has 7 heteroatoms. The van der Waals surface area contributed by atoms with Crippen molar-refractivity contribution in [1.29, 1.82) is 0 Å². The first kappa shape index (κ1) is 43.8. The molecular weight excluding hydrogens is 817 g/mol. The molecule has 0 amide bonds. The molecule has 6 aromatic carbocycles. The Bertz CT molecular complexity index is 2630. The average Bonchev–Trinajstić information content (AvgIpc) is 4.11. The molecule has 0 spiro atoms. The average molecular weight is 877 g/mol. The monoisotopic (exact) mass is 876 g/mol. The second-order valence-electron chi connectivity index (χ2n) is 18.0. The van der Waals surface area contributed by atoms with Gasteiger partial charge in [0.1, 0.15) is 11.5 Å². The number of benzene rings is 6. The number of carbonyl (C=O) groups is 1.